The molecule has 1 unspecified atom stereocenters. The molecule has 0 spiro atoms. The molecular weight excluding hydrogens is 653 g/mol. The fourth-order valence-corrected chi connectivity index (χ4v) is 6.73. The molecule has 266 valence electrons. The van der Waals surface area contributed by atoms with Crippen LogP contribution < -0.4 is 5.73 Å². The summed E-state index contributed by atoms with van der Waals surface area (Å²) < 4.78 is 5.79. The van der Waals surface area contributed by atoms with E-state index in [1.165, 1.54) is 193 Å². The van der Waals surface area contributed by atoms with Crippen molar-refractivity contribution in [2.24, 2.45) is 5.73 Å². The molecule has 0 aliphatic rings. The van der Waals surface area contributed by atoms with Crippen LogP contribution in [0, 0.1) is 0 Å². The van der Waals surface area contributed by atoms with Gasteiger partial charge in [0.2, 0.25) is 0 Å². The molecule has 0 fully saturated rings. The number of hydrogen-bond acceptors (Lipinski definition) is 3. The third-order valence-corrected chi connectivity index (χ3v) is 10.1. The molecule has 3 nitrogen and oxygen atoms in total. The van der Waals surface area contributed by atoms with Gasteiger partial charge >= 0.3 is 5.97 Å². The highest BCUT2D eigenvalue weighted by Crippen LogP contribution is 2.20. The molecule has 0 saturated heterocycles. The number of carbonyl (C=O) groups is 1. The van der Waals surface area contributed by atoms with Crippen molar-refractivity contribution in [3.63, 3.8) is 0 Å². The minimum atomic E-state index is -0.106. The van der Waals surface area contributed by atoms with Crippen LogP contribution in [0.2, 0.25) is 0 Å². The van der Waals surface area contributed by atoms with Crippen molar-refractivity contribution in [3.8, 4) is 0 Å². The second-order valence-electron chi connectivity index (χ2n) is 13.5. The van der Waals surface area contributed by atoms with Crippen molar-refractivity contribution in [1.82, 2.24) is 0 Å². The first-order valence-corrected chi connectivity index (χ1v) is 21.4. The van der Waals surface area contributed by atoms with E-state index in [0.717, 1.165) is 16.8 Å². The van der Waals surface area contributed by atoms with Gasteiger partial charge in [-0.3, -0.25) is 4.79 Å². The Hall–Kier alpha value is 0.160. The Labute approximate surface area is 292 Å². The van der Waals surface area contributed by atoms with Gasteiger partial charge in [0.15, 0.2) is 0 Å². The zero-order chi connectivity index (χ0) is 32.6. The van der Waals surface area contributed by atoms with Crippen LogP contribution in [0.25, 0.3) is 0 Å². The van der Waals surface area contributed by atoms with Crippen LogP contribution in [0.4, 0.5) is 0 Å². The summed E-state index contributed by atoms with van der Waals surface area (Å²) in [6, 6.07) is 0. The Morgan fingerprint density at radius 1 is 0.477 bits per heavy atom. The van der Waals surface area contributed by atoms with E-state index in [0.29, 0.717) is 19.6 Å². The SMILES string of the molecule is CCCCCCCCC(=O)OCCN.CCCCCCCCCCCCCCCCC(I)CCCCCCCCCCCC. The van der Waals surface area contributed by atoms with Crippen LogP contribution in [0.3, 0.4) is 0 Å². The zero-order valence-electron chi connectivity index (χ0n) is 30.6. The molecule has 0 heterocycles. The largest absolute Gasteiger partial charge is 0.464 e. The molecule has 0 saturated carbocycles. The number of rotatable bonds is 35. The number of ether oxygens (including phenoxy) is 1. The van der Waals surface area contributed by atoms with Crippen LogP contribution in [-0.4, -0.2) is 23.0 Å². The van der Waals surface area contributed by atoms with E-state index in [4.69, 9.17) is 10.5 Å². The van der Waals surface area contributed by atoms with Crippen molar-refractivity contribution in [2.75, 3.05) is 13.2 Å². The number of nitrogens with two attached hydrogens (primary N) is 1. The Bertz CT molecular complexity index is 516. The van der Waals surface area contributed by atoms with Gasteiger partial charge in [0.25, 0.3) is 0 Å². The summed E-state index contributed by atoms with van der Waals surface area (Å²) in [6.45, 7) is 7.58. The van der Waals surface area contributed by atoms with E-state index in [1.54, 1.807) is 0 Å². The number of halogens is 1. The quantitative estimate of drug-likeness (QED) is 0.0305. The molecule has 4 heteroatoms. The first kappa shape index (κ1) is 46.3. The highest BCUT2D eigenvalue weighted by Gasteiger charge is 2.04. The van der Waals surface area contributed by atoms with Gasteiger partial charge in [-0.2, -0.15) is 0 Å². The molecule has 0 aromatic carbocycles. The molecule has 0 aromatic heterocycles. The maximum atomic E-state index is 11.0. The van der Waals surface area contributed by atoms with E-state index in [9.17, 15) is 4.79 Å². The molecule has 2 N–H and O–H groups in total. The van der Waals surface area contributed by atoms with Crippen molar-refractivity contribution in [3.05, 3.63) is 0 Å². The molecule has 0 rings (SSSR count). The van der Waals surface area contributed by atoms with E-state index >= 15 is 0 Å². The summed E-state index contributed by atoms with van der Waals surface area (Å²) in [7, 11) is 0. The van der Waals surface area contributed by atoms with Crippen molar-refractivity contribution >= 4 is 28.6 Å². The van der Waals surface area contributed by atoms with E-state index in [1.807, 2.05) is 0 Å². The fraction of sp³-hybridized carbons (Fsp3) is 0.975. The van der Waals surface area contributed by atoms with E-state index < -0.39 is 0 Å². The molecule has 0 radical (unpaired) electrons. The van der Waals surface area contributed by atoms with Crippen LogP contribution in [0.15, 0.2) is 0 Å². The van der Waals surface area contributed by atoms with E-state index in [-0.39, 0.29) is 5.97 Å². The second-order valence-corrected chi connectivity index (χ2v) is 15.2. The normalized spacial score (nSPS) is 11.8. The van der Waals surface area contributed by atoms with Crippen molar-refractivity contribution < 1.29 is 9.53 Å². The van der Waals surface area contributed by atoms with Gasteiger partial charge in [0.05, 0.1) is 0 Å². The average molecular weight is 736 g/mol. The highest BCUT2D eigenvalue weighted by atomic mass is 127. The minimum Gasteiger partial charge on any atom is -0.464 e. The van der Waals surface area contributed by atoms with Gasteiger partial charge in [0.1, 0.15) is 6.61 Å². The summed E-state index contributed by atoms with van der Waals surface area (Å²) in [6.07, 6.45) is 45.9. The van der Waals surface area contributed by atoms with Gasteiger partial charge in [-0.25, -0.2) is 0 Å². The predicted molar refractivity (Wildman–Crippen MR) is 207 cm³/mol. The Morgan fingerprint density at radius 2 is 0.750 bits per heavy atom. The van der Waals surface area contributed by atoms with E-state index in [2.05, 4.69) is 43.4 Å². The third kappa shape index (κ3) is 44.3. The Balaban J connectivity index is 0. The number of hydrogen-bond donors (Lipinski definition) is 1. The fourth-order valence-electron chi connectivity index (χ4n) is 5.85. The Kier molecular flexibility index (Phi) is 45.4. The summed E-state index contributed by atoms with van der Waals surface area (Å²) in [5.74, 6) is -0.106. The molecule has 44 heavy (non-hydrogen) atoms. The van der Waals surface area contributed by atoms with Crippen molar-refractivity contribution in [2.45, 2.75) is 237 Å². The summed E-state index contributed by atoms with van der Waals surface area (Å²) >= 11 is 2.73. The first-order chi connectivity index (χ1) is 21.6. The molecule has 0 aromatic rings. The second kappa shape index (κ2) is 43.2. The van der Waals surface area contributed by atoms with Gasteiger partial charge in [-0.15, -0.1) is 0 Å². The zero-order valence-corrected chi connectivity index (χ0v) is 32.8. The van der Waals surface area contributed by atoms with Gasteiger partial charge < -0.3 is 10.5 Å². The summed E-state index contributed by atoms with van der Waals surface area (Å²) in [4.78, 5) is 11.0. The van der Waals surface area contributed by atoms with Gasteiger partial charge in [-0.05, 0) is 19.3 Å². The molecule has 0 bridgehead atoms. The smallest absolute Gasteiger partial charge is 0.305 e. The molecule has 1 atom stereocenters. The number of esters is 1. The van der Waals surface area contributed by atoms with Gasteiger partial charge in [-0.1, -0.05) is 230 Å². The third-order valence-electron chi connectivity index (χ3n) is 8.86. The number of unbranched alkanes of at least 4 members (excludes halogenated alkanes) is 27. The first-order valence-electron chi connectivity index (χ1n) is 20.1. The number of alkyl halides is 1. The maximum absolute atomic E-state index is 11.0. The molecule has 0 aliphatic carbocycles. The van der Waals surface area contributed by atoms with Crippen molar-refractivity contribution in [1.29, 1.82) is 0 Å². The van der Waals surface area contributed by atoms with Crippen LogP contribution >= 0.6 is 22.6 Å². The molecular formula is C40H82INO2. The lowest BCUT2D eigenvalue weighted by Crippen LogP contribution is -2.13. The monoisotopic (exact) mass is 736 g/mol. The van der Waals surface area contributed by atoms with Crippen LogP contribution in [0.1, 0.15) is 233 Å². The van der Waals surface area contributed by atoms with Gasteiger partial charge in [0, 0.05) is 16.9 Å². The maximum Gasteiger partial charge on any atom is 0.305 e. The number of carbonyl (C=O) groups excluding carboxylic acids is 1. The lowest BCUT2D eigenvalue weighted by atomic mass is 10.0. The summed E-state index contributed by atoms with van der Waals surface area (Å²) in [5.41, 5.74) is 5.21. The highest BCUT2D eigenvalue weighted by molar-refractivity contribution is 14.1. The average Bonchev–Trinajstić information content (AvgIpc) is 3.03. The molecule has 0 aliphatic heterocycles. The lowest BCUT2D eigenvalue weighted by Gasteiger charge is -2.09. The summed E-state index contributed by atoms with van der Waals surface area (Å²) in [5, 5.41) is 0. The Morgan fingerprint density at radius 3 is 1.05 bits per heavy atom. The topological polar surface area (TPSA) is 52.3 Å². The minimum absolute atomic E-state index is 0.106. The lowest BCUT2D eigenvalue weighted by molar-refractivity contribution is -0.143. The predicted octanol–water partition coefficient (Wildman–Crippen LogP) is 14.2. The standard InChI is InChI=1S/C29H59I.C11H23NO2/c1-3-5-7-9-11-13-15-16-17-18-20-22-24-26-28-29(30)27-25-23-21-19-14-12-10-8-6-4-2;1-2-3-4-5-6-7-8-11(13)14-10-9-12/h29H,3-28H2,1-2H3;2-10,12H2,1H3. The molecule has 0 amide bonds. The van der Waals surface area contributed by atoms with Crippen LogP contribution in [-0.2, 0) is 9.53 Å². The van der Waals surface area contributed by atoms with Crippen LogP contribution in [0.5, 0.6) is 0 Å².